The van der Waals surface area contributed by atoms with Crippen LogP contribution in [0, 0.1) is 0 Å². The topological polar surface area (TPSA) is 37.6 Å². The van der Waals surface area contributed by atoms with Gasteiger partial charge >= 0.3 is 0 Å². The van der Waals surface area contributed by atoms with Gasteiger partial charge in [-0.3, -0.25) is 0 Å². The predicted molar refractivity (Wildman–Crippen MR) is 65.4 cm³/mol. The van der Waals surface area contributed by atoms with Crippen molar-refractivity contribution >= 4 is 15.9 Å². The second-order valence-electron chi connectivity index (χ2n) is 4.09. The predicted octanol–water partition coefficient (Wildman–Crippen LogP) is 1.46. The molecular formula is C11H17BrN2O2. The van der Waals surface area contributed by atoms with Crippen LogP contribution in [0.1, 0.15) is 5.76 Å². The first-order valence-corrected chi connectivity index (χ1v) is 6.28. The van der Waals surface area contributed by atoms with Crippen LogP contribution in [0.4, 0.5) is 0 Å². The molecule has 1 aliphatic heterocycles. The first-order chi connectivity index (χ1) is 7.74. The van der Waals surface area contributed by atoms with Crippen LogP contribution in [0.3, 0.4) is 0 Å². The molecule has 0 radical (unpaired) electrons. The van der Waals surface area contributed by atoms with Crippen LogP contribution < -0.4 is 5.32 Å². The second-order valence-corrected chi connectivity index (χ2v) is 4.87. The number of likely N-dealkylation sites (N-methyl/N-ethyl adjacent to an activating group) is 1. The number of rotatable bonds is 4. The number of nitrogens with zero attached hydrogens (tertiary/aromatic N) is 1. The van der Waals surface area contributed by atoms with E-state index in [0.29, 0.717) is 0 Å². The fourth-order valence-corrected chi connectivity index (χ4v) is 2.13. The summed E-state index contributed by atoms with van der Waals surface area (Å²) >= 11 is 3.28. The van der Waals surface area contributed by atoms with E-state index >= 15 is 0 Å². The van der Waals surface area contributed by atoms with Gasteiger partial charge in [-0.05, 0) is 35.1 Å². The first-order valence-electron chi connectivity index (χ1n) is 5.49. The summed E-state index contributed by atoms with van der Waals surface area (Å²) < 4.78 is 11.8. The van der Waals surface area contributed by atoms with Crippen molar-refractivity contribution in [3.63, 3.8) is 0 Å². The van der Waals surface area contributed by atoms with E-state index in [9.17, 15) is 0 Å². The highest BCUT2D eigenvalue weighted by Gasteiger charge is 2.16. The highest BCUT2D eigenvalue weighted by atomic mass is 79.9. The second kappa shape index (κ2) is 5.82. The van der Waals surface area contributed by atoms with E-state index in [4.69, 9.17) is 9.15 Å². The van der Waals surface area contributed by atoms with E-state index in [-0.39, 0.29) is 6.10 Å². The van der Waals surface area contributed by atoms with E-state index in [1.165, 1.54) is 0 Å². The molecule has 1 fully saturated rings. The van der Waals surface area contributed by atoms with Gasteiger partial charge in [-0.15, -0.1) is 0 Å². The summed E-state index contributed by atoms with van der Waals surface area (Å²) in [7, 11) is 2.12. The molecule has 0 aliphatic carbocycles. The molecule has 2 heterocycles. The van der Waals surface area contributed by atoms with E-state index in [1.54, 1.807) is 0 Å². The van der Waals surface area contributed by atoms with Gasteiger partial charge in [0.15, 0.2) is 4.67 Å². The Bertz CT molecular complexity index is 330. The Balaban J connectivity index is 1.67. The monoisotopic (exact) mass is 288 g/mol. The number of hydrogen-bond donors (Lipinski definition) is 1. The lowest BCUT2D eigenvalue weighted by molar-refractivity contribution is -0.0183. The summed E-state index contributed by atoms with van der Waals surface area (Å²) in [5.74, 6) is 0.941. The number of morpholine rings is 1. The van der Waals surface area contributed by atoms with Gasteiger partial charge in [0, 0.05) is 19.6 Å². The molecule has 16 heavy (non-hydrogen) atoms. The van der Waals surface area contributed by atoms with Gasteiger partial charge in [-0.25, -0.2) is 0 Å². The van der Waals surface area contributed by atoms with Crippen LogP contribution in [0.2, 0.25) is 0 Å². The molecule has 90 valence electrons. The summed E-state index contributed by atoms with van der Waals surface area (Å²) in [6.07, 6.45) is 0.289. The average molecular weight is 289 g/mol. The Labute approximate surface area is 104 Å². The van der Waals surface area contributed by atoms with Crippen molar-refractivity contribution < 1.29 is 9.15 Å². The lowest BCUT2D eigenvalue weighted by atomic mass is 10.3. The van der Waals surface area contributed by atoms with Crippen molar-refractivity contribution in [2.24, 2.45) is 0 Å². The summed E-state index contributed by atoms with van der Waals surface area (Å²) in [4.78, 5) is 2.29. The van der Waals surface area contributed by atoms with Gasteiger partial charge < -0.3 is 19.4 Å². The minimum Gasteiger partial charge on any atom is -0.453 e. The zero-order valence-corrected chi connectivity index (χ0v) is 11.0. The van der Waals surface area contributed by atoms with Crippen molar-refractivity contribution in [3.8, 4) is 0 Å². The molecule has 1 aromatic rings. The lowest BCUT2D eigenvalue weighted by Gasteiger charge is -2.30. The lowest BCUT2D eigenvalue weighted by Crippen LogP contribution is -2.44. The summed E-state index contributed by atoms with van der Waals surface area (Å²) in [6.45, 7) is 4.46. The van der Waals surface area contributed by atoms with E-state index in [1.807, 2.05) is 12.1 Å². The highest BCUT2D eigenvalue weighted by molar-refractivity contribution is 9.10. The Hall–Kier alpha value is -0.360. The summed E-state index contributed by atoms with van der Waals surface area (Å²) in [5.41, 5.74) is 0. The van der Waals surface area contributed by atoms with Gasteiger partial charge in [0.25, 0.3) is 0 Å². The van der Waals surface area contributed by atoms with Crippen molar-refractivity contribution in [1.82, 2.24) is 10.2 Å². The van der Waals surface area contributed by atoms with Gasteiger partial charge in [-0.2, -0.15) is 0 Å². The molecule has 2 rings (SSSR count). The van der Waals surface area contributed by atoms with E-state index in [0.717, 1.165) is 43.2 Å². The van der Waals surface area contributed by atoms with Crippen molar-refractivity contribution in [2.75, 3.05) is 33.3 Å². The van der Waals surface area contributed by atoms with Crippen molar-refractivity contribution in [1.29, 1.82) is 0 Å². The molecule has 0 aromatic carbocycles. The SMILES string of the molecule is CN1CCOC(CNCc2ccc(Br)o2)C1. The molecule has 5 heteroatoms. The molecule has 1 aromatic heterocycles. The Morgan fingerprint density at radius 3 is 3.12 bits per heavy atom. The molecule has 1 aliphatic rings. The molecule has 0 spiro atoms. The Morgan fingerprint density at radius 1 is 1.56 bits per heavy atom. The first kappa shape index (κ1) is 12.1. The smallest absolute Gasteiger partial charge is 0.169 e. The third kappa shape index (κ3) is 3.59. The van der Waals surface area contributed by atoms with Crippen LogP contribution in [0.5, 0.6) is 0 Å². The summed E-state index contributed by atoms with van der Waals surface area (Å²) in [6, 6.07) is 3.87. The number of ether oxygens (including phenoxy) is 1. The van der Waals surface area contributed by atoms with Crippen molar-refractivity contribution in [3.05, 3.63) is 22.6 Å². The Morgan fingerprint density at radius 2 is 2.44 bits per heavy atom. The standard InChI is InChI=1S/C11H17BrN2O2/c1-14-4-5-15-10(8-14)7-13-6-9-2-3-11(12)16-9/h2-3,10,13H,4-8H2,1H3. The van der Waals surface area contributed by atoms with Gasteiger partial charge in [0.05, 0.1) is 19.3 Å². The number of halogens is 1. The zero-order valence-electron chi connectivity index (χ0n) is 9.41. The minimum atomic E-state index is 0.289. The van der Waals surface area contributed by atoms with Crippen LogP contribution >= 0.6 is 15.9 Å². The Kier molecular flexibility index (Phi) is 4.40. The molecule has 4 nitrogen and oxygen atoms in total. The van der Waals surface area contributed by atoms with Gasteiger partial charge in [0.2, 0.25) is 0 Å². The maximum Gasteiger partial charge on any atom is 0.169 e. The average Bonchev–Trinajstić information content (AvgIpc) is 2.64. The molecule has 0 saturated carbocycles. The van der Waals surface area contributed by atoms with E-state index < -0.39 is 0 Å². The quantitative estimate of drug-likeness (QED) is 0.910. The minimum absolute atomic E-state index is 0.289. The van der Waals surface area contributed by atoms with Crippen LogP contribution in [0.15, 0.2) is 21.2 Å². The molecule has 0 bridgehead atoms. The maximum absolute atomic E-state index is 5.65. The third-order valence-corrected chi connectivity index (χ3v) is 3.07. The fourth-order valence-electron chi connectivity index (χ4n) is 1.79. The number of hydrogen-bond acceptors (Lipinski definition) is 4. The van der Waals surface area contributed by atoms with Crippen LogP contribution in [0.25, 0.3) is 0 Å². The largest absolute Gasteiger partial charge is 0.453 e. The van der Waals surface area contributed by atoms with Crippen LogP contribution in [-0.2, 0) is 11.3 Å². The number of nitrogens with one attached hydrogen (secondary N) is 1. The molecule has 1 atom stereocenters. The molecule has 1 saturated heterocycles. The number of furan rings is 1. The maximum atomic E-state index is 5.65. The molecule has 1 unspecified atom stereocenters. The van der Waals surface area contributed by atoms with Gasteiger partial charge in [-0.1, -0.05) is 0 Å². The van der Waals surface area contributed by atoms with E-state index in [2.05, 4.69) is 33.2 Å². The third-order valence-electron chi connectivity index (χ3n) is 2.64. The van der Waals surface area contributed by atoms with Crippen molar-refractivity contribution in [2.45, 2.75) is 12.6 Å². The summed E-state index contributed by atoms with van der Waals surface area (Å²) in [5, 5.41) is 3.34. The normalized spacial score (nSPS) is 22.5. The highest BCUT2D eigenvalue weighted by Crippen LogP contribution is 2.13. The van der Waals surface area contributed by atoms with Crippen LogP contribution in [-0.4, -0.2) is 44.3 Å². The molecule has 1 N–H and O–H groups in total. The fraction of sp³-hybridized carbons (Fsp3) is 0.636. The van der Waals surface area contributed by atoms with Gasteiger partial charge in [0.1, 0.15) is 5.76 Å². The molecule has 0 amide bonds. The zero-order chi connectivity index (χ0) is 11.4. The molecular weight excluding hydrogens is 272 g/mol.